The Morgan fingerprint density at radius 3 is 2.80 bits per heavy atom. The van der Waals surface area contributed by atoms with E-state index in [4.69, 9.17) is 0 Å². The number of carboxylic acid groups (broad SMARTS) is 1. The van der Waals surface area contributed by atoms with E-state index in [1.807, 2.05) is 11.8 Å². The van der Waals surface area contributed by atoms with Gasteiger partial charge in [0.05, 0.1) is 5.41 Å². The molecule has 1 fully saturated rings. The molecular formula is C15H19F2NO2. The minimum Gasteiger partial charge on any atom is -0.481 e. The molecule has 1 aliphatic heterocycles. The van der Waals surface area contributed by atoms with Crippen LogP contribution < -0.4 is 0 Å². The van der Waals surface area contributed by atoms with E-state index in [1.165, 1.54) is 12.1 Å². The lowest BCUT2D eigenvalue weighted by molar-refractivity contribution is -0.148. The average Bonchev–Trinajstić information content (AvgIpc) is 2.83. The number of aliphatic carboxylic acids is 1. The molecule has 1 unspecified atom stereocenters. The summed E-state index contributed by atoms with van der Waals surface area (Å²) < 4.78 is 25.3. The maximum atomic E-state index is 12.7. The third kappa shape index (κ3) is 2.98. The van der Waals surface area contributed by atoms with Gasteiger partial charge in [0.25, 0.3) is 6.43 Å². The van der Waals surface area contributed by atoms with Gasteiger partial charge in [-0.3, -0.25) is 9.69 Å². The minimum atomic E-state index is -2.47. The molecule has 0 aliphatic carbocycles. The molecule has 5 heteroatoms. The molecule has 1 aliphatic rings. The molecule has 0 bridgehead atoms. The van der Waals surface area contributed by atoms with Gasteiger partial charge in [-0.1, -0.05) is 25.1 Å². The first-order valence-corrected chi connectivity index (χ1v) is 6.79. The van der Waals surface area contributed by atoms with E-state index in [9.17, 15) is 18.7 Å². The Bertz CT molecular complexity index is 493. The molecule has 0 spiro atoms. The fraction of sp³-hybridized carbons (Fsp3) is 0.533. The fourth-order valence-corrected chi connectivity index (χ4v) is 2.79. The summed E-state index contributed by atoms with van der Waals surface area (Å²) in [5, 5.41) is 9.34. The predicted molar refractivity (Wildman–Crippen MR) is 71.7 cm³/mol. The van der Waals surface area contributed by atoms with E-state index >= 15 is 0 Å². The Balaban J connectivity index is 2.05. The van der Waals surface area contributed by atoms with Gasteiger partial charge in [0.2, 0.25) is 0 Å². The van der Waals surface area contributed by atoms with Crippen molar-refractivity contribution in [3.8, 4) is 0 Å². The zero-order chi connectivity index (χ0) is 14.8. The summed E-state index contributed by atoms with van der Waals surface area (Å²) in [6, 6.07) is 6.33. The highest BCUT2D eigenvalue weighted by molar-refractivity contribution is 5.75. The van der Waals surface area contributed by atoms with Crippen molar-refractivity contribution in [1.82, 2.24) is 4.90 Å². The minimum absolute atomic E-state index is 0.0155. The van der Waals surface area contributed by atoms with Crippen LogP contribution in [-0.4, -0.2) is 29.1 Å². The van der Waals surface area contributed by atoms with Crippen LogP contribution in [0, 0.1) is 5.41 Å². The van der Waals surface area contributed by atoms with Crippen molar-refractivity contribution in [3.63, 3.8) is 0 Å². The van der Waals surface area contributed by atoms with Crippen LogP contribution in [0.1, 0.15) is 37.3 Å². The van der Waals surface area contributed by atoms with E-state index in [2.05, 4.69) is 0 Å². The molecule has 1 N–H and O–H groups in total. The van der Waals surface area contributed by atoms with Gasteiger partial charge in [0, 0.05) is 18.7 Å². The van der Waals surface area contributed by atoms with Gasteiger partial charge in [-0.15, -0.1) is 0 Å². The molecule has 0 amide bonds. The van der Waals surface area contributed by atoms with Crippen molar-refractivity contribution in [2.24, 2.45) is 5.41 Å². The monoisotopic (exact) mass is 283 g/mol. The molecule has 1 saturated heterocycles. The van der Waals surface area contributed by atoms with Gasteiger partial charge < -0.3 is 5.11 Å². The van der Waals surface area contributed by atoms with Crippen molar-refractivity contribution in [1.29, 1.82) is 0 Å². The van der Waals surface area contributed by atoms with Gasteiger partial charge >= 0.3 is 5.97 Å². The van der Waals surface area contributed by atoms with Crippen LogP contribution in [0.5, 0.6) is 0 Å². The Morgan fingerprint density at radius 1 is 1.50 bits per heavy atom. The number of rotatable bonds is 5. The van der Waals surface area contributed by atoms with Gasteiger partial charge in [-0.2, -0.15) is 0 Å². The third-order valence-electron chi connectivity index (χ3n) is 4.17. The van der Waals surface area contributed by atoms with Crippen LogP contribution >= 0.6 is 0 Å². The molecule has 110 valence electrons. The van der Waals surface area contributed by atoms with Crippen LogP contribution in [0.15, 0.2) is 24.3 Å². The van der Waals surface area contributed by atoms with Gasteiger partial charge in [0.15, 0.2) is 0 Å². The number of hydrogen-bond acceptors (Lipinski definition) is 2. The zero-order valence-corrected chi connectivity index (χ0v) is 11.5. The number of halogens is 2. The number of carboxylic acids is 1. The topological polar surface area (TPSA) is 40.5 Å². The molecule has 20 heavy (non-hydrogen) atoms. The van der Waals surface area contributed by atoms with Crippen molar-refractivity contribution in [2.75, 3.05) is 13.1 Å². The predicted octanol–water partition coefficient (Wildman–Crippen LogP) is 3.31. The summed E-state index contributed by atoms with van der Waals surface area (Å²) in [6.45, 7) is 3.58. The highest BCUT2D eigenvalue weighted by atomic mass is 19.3. The number of hydrogen-bond donors (Lipinski definition) is 1. The smallest absolute Gasteiger partial charge is 0.310 e. The maximum absolute atomic E-state index is 12.7. The Labute approximate surface area is 117 Å². The number of likely N-dealkylation sites (tertiary alicyclic amines) is 1. The summed E-state index contributed by atoms with van der Waals surface area (Å²) >= 11 is 0. The van der Waals surface area contributed by atoms with Gasteiger partial charge in [-0.25, -0.2) is 8.78 Å². The van der Waals surface area contributed by atoms with Crippen molar-refractivity contribution >= 4 is 5.97 Å². The summed E-state index contributed by atoms with van der Waals surface area (Å²) in [5.41, 5.74) is 0.141. The molecule has 1 aromatic carbocycles. The van der Waals surface area contributed by atoms with Crippen LogP contribution in [0.25, 0.3) is 0 Å². The lowest BCUT2D eigenvalue weighted by Gasteiger charge is -2.23. The Morgan fingerprint density at radius 2 is 2.25 bits per heavy atom. The SMILES string of the molecule is CCC1(C(=O)O)CCN(Cc2cccc(C(F)F)c2)C1. The van der Waals surface area contributed by atoms with Crippen LogP contribution in [-0.2, 0) is 11.3 Å². The van der Waals surface area contributed by atoms with Crippen molar-refractivity contribution in [2.45, 2.75) is 32.7 Å². The second kappa shape index (κ2) is 5.87. The zero-order valence-electron chi connectivity index (χ0n) is 11.5. The van der Waals surface area contributed by atoms with E-state index in [0.717, 1.165) is 5.56 Å². The second-order valence-corrected chi connectivity index (χ2v) is 5.45. The standard InChI is InChI=1S/C15H19F2NO2/c1-2-15(14(19)20)6-7-18(10-15)9-11-4-3-5-12(8-11)13(16)17/h3-5,8,13H,2,6-7,9-10H2,1H3,(H,19,20). The van der Waals surface area contributed by atoms with Crippen LogP contribution in [0.3, 0.4) is 0 Å². The molecule has 1 aromatic rings. The first kappa shape index (κ1) is 14.9. The lowest BCUT2D eigenvalue weighted by atomic mass is 9.84. The average molecular weight is 283 g/mol. The maximum Gasteiger partial charge on any atom is 0.310 e. The largest absolute Gasteiger partial charge is 0.481 e. The molecule has 1 atom stereocenters. The summed E-state index contributed by atoms with van der Waals surface area (Å²) in [6.07, 6.45) is -1.26. The molecule has 2 rings (SSSR count). The number of alkyl halides is 2. The van der Waals surface area contributed by atoms with E-state index < -0.39 is 17.8 Å². The van der Waals surface area contributed by atoms with E-state index in [0.29, 0.717) is 32.5 Å². The summed E-state index contributed by atoms with van der Waals surface area (Å²) in [7, 11) is 0. The molecule has 0 aromatic heterocycles. The number of benzene rings is 1. The Kier molecular flexibility index (Phi) is 4.38. The number of carbonyl (C=O) groups is 1. The van der Waals surface area contributed by atoms with Crippen molar-refractivity contribution in [3.05, 3.63) is 35.4 Å². The number of nitrogens with zero attached hydrogens (tertiary/aromatic N) is 1. The lowest BCUT2D eigenvalue weighted by Crippen LogP contribution is -2.33. The first-order chi connectivity index (χ1) is 9.47. The van der Waals surface area contributed by atoms with E-state index in [-0.39, 0.29) is 5.56 Å². The highest BCUT2D eigenvalue weighted by Gasteiger charge is 2.43. The van der Waals surface area contributed by atoms with Gasteiger partial charge in [0.1, 0.15) is 0 Å². The van der Waals surface area contributed by atoms with Gasteiger partial charge in [-0.05, 0) is 31.0 Å². The summed E-state index contributed by atoms with van der Waals surface area (Å²) in [4.78, 5) is 13.4. The third-order valence-corrected chi connectivity index (χ3v) is 4.17. The van der Waals surface area contributed by atoms with E-state index in [1.54, 1.807) is 12.1 Å². The normalized spacial score (nSPS) is 23.4. The highest BCUT2D eigenvalue weighted by Crippen LogP contribution is 2.35. The van der Waals surface area contributed by atoms with Crippen molar-refractivity contribution < 1.29 is 18.7 Å². The fourth-order valence-electron chi connectivity index (χ4n) is 2.79. The molecule has 1 heterocycles. The van der Waals surface area contributed by atoms with Crippen LogP contribution in [0.4, 0.5) is 8.78 Å². The van der Waals surface area contributed by atoms with Crippen LogP contribution in [0.2, 0.25) is 0 Å². The molecular weight excluding hydrogens is 264 g/mol. The molecule has 3 nitrogen and oxygen atoms in total. The second-order valence-electron chi connectivity index (χ2n) is 5.45. The Hall–Kier alpha value is -1.49. The first-order valence-electron chi connectivity index (χ1n) is 6.79. The summed E-state index contributed by atoms with van der Waals surface area (Å²) in [5.74, 6) is -0.760. The molecule has 0 saturated carbocycles. The quantitative estimate of drug-likeness (QED) is 0.901. The molecule has 0 radical (unpaired) electrons.